The Labute approximate surface area is 119 Å². The monoisotopic (exact) mass is 300 g/mol. The number of hydrogen-bond acceptors (Lipinski definition) is 4. The van der Waals surface area contributed by atoms with Crippen molar-refractivity contribution in [1.29, 1.82) is 0 Å². The fraction of sp³-hybridized carbons (Fsp3) is 0.385. The molecule has 0 radical (unpaired) electrons. The number of nitrogens with zero attached hydrogens (tertiary/aromatic N) is 1. The third-order valence-corrected chi connectivity index (χ3v) is 3.02. The Morgan fingerprint density at radius 2 is 2.05 bits per heavy atom. The highest BCUT2D eigenvalue weighted by Gasteiger charge is 2.27. The second-order valence-corrected chi connectivity index (χ2v) is 4.58. The zero-order valence-corrected chi connectivity index (χ0v) is 11.0. The number of hydrogen-bond donors (Lipinski definition) is 2. The molecule has 1 aromatic carbocycles. The van der Waals surface area contributed by atoms with E-state index in [4.69, 9.17) is 9.84 Å². The van der Waals surface area contributed by atoms with Gasteiger partial charge in [-0.15, -0.1) is 0 Å². The minimum absolute atomic E-state index is 0.0442. The van der Waals surface area contributed by atoms with Crippen LogP contribution in [0.3, 0.4) is 0 Å². The van der Waals surface area contributed by atoms with Crippen LogP contribution in [0.25, 0.3) is 0 Å². The number of carboxylic acid groups (broad SMARTS) is 1. The SMILES string of the molecule is O=C(CN1CCOC(C(=O)O)C1)Nc1c(F)cccc1F. The Bertz CT molecular complexity index is 533. The van der Waals surface area contributed by atoms with Crippen LogP contribution in [0.1, 0.15) is 0 Å². The zero-order chi connectivity index (χ0) is 15.4. The van der Waals surface area contributed by atoms with Gasteiger partial charge in [0.1, 0.15) is 17.3 Å². The molecule has 1 saturated heterocycles. The van der Waals surface area contributed by atoms with Crippen molar-refractivity contribution in [2.24, 2.45) is 0 Å². The number of halogens is 2. The van der Waals surface area contributed by atoms with Gasteiger partial charge in [-0.1, -0.05) is 6.07 Å². The standard InChI is InChI=1S/C13H14F2N2O4/c14-8-2-1-3-9(15)12(8)16-11(18)7-17-4-5-21-10(6-17)13(19)20/h1-3,10H,4-7H2,(H,16,18)(H,19,20). The number of carbonyl (C=O) groups is 2. The number of benzene rings is 1. The molecule has 1 amide bonds. The van der Waals surface area contributed by atoms with Crippen LogP contribution in [0, 0.1) is 11.6 Å². The van der Waals surface area contributed by atoms with E-state index < -0.39 is 35.3 Å². The normalized spacial score (nSPS) is 19.2. The van der Waals surface area contributed by atoms with E-state index in [1.807, 2.05) is 0 Å². The fourth-order valence-electron chi connectivity index (χ4n) is 1.99. The van der Waals surface area contributed by atoms with Gasteiger partial charge in [-0.25, -0.2) is 13.6 Å². The van der Waals surface area contributed by atoms with E-state index >= 15 is 0 Å². The Morgan fingerprint density at radius 3 is 2.67 bits per heavy atom. The van der Waals surface area contributed by atoms with Gasteiger partial charge >= 0.3 is 5.97 Å². The number of aliphatic carboxylic acids is 1. The van der Waals surface area contributed by atoms with Gasteiger partial charge in [0.25, 0.3) is 0 Å². The minimum atomic E-state index is -1.11. The molecule has 1 aromatic rings. The van der Waals surface area contributed by atoms with Crippen molar-refractivity contribution < 1.29 is 28.2 Å². The van der Waals surface area contributed by atoms with E-state index in [-0.39, 0.29) is 19.7 Å². The van der Waals surface area contributed by atoms with Gasteiger partial charge < -0.3 is 15.2 Å². The molecule has 1 atom stereocenters. The van der Waals surface area contributed by atoms with Gasteiger partial charge in [0.05, 0.1) is 13.2 Å². The molecule has 1 unspecified atom stereocenters. The summed E-state index contributed by atoms with van der Waals surface area (Å²) in [4.78, 5) is 24.2. The molecule has 0 aromatic heterocycles. The summed E-state index contributed by atoms with van der Waals surface area (Å²) in [5.41, 5.74) is -0.509. The average Bonchev–Trinajstić information content (AvgIpc) is 2.43. The van der Waals surface area contributed by atoms with E-state index in [9.17, 15) is 18.4 Å². The predicted octanol–water partition coefficient (Wildman–Crippen LogP) is 0.689. The highest BCUT2D eigenvalue weighted by atomic mass is 19.1. The average molecular weight is 300 g/mol. The Kier molecular flexibility index (Phi) is 4.81. The third-order valence-electron chi connectivity index (χ3n) is 3.02. The molecule has 0 bridgehead atoms. The van der Waals surface area contributed by atoms with Gasteiger partial charge in [-0.05, 0) is 12.1 Å². The molecule has 1 fully saturated rings. The molecule has 21 heavy (non-hydrogen) atoms. The first-order valence-corrected chi connectivity index (χ1v) is 6.28. The lowest BCUT2D eigenvalue weighted by molar-refractivity contribution is -0.156. The smallest absolute Gasteiger partial charge is 0.334 e. The molecule has 2 rings (SSSR count). The number of nitrogens with one attached hydrogen (secondary N) is 1. The number of para-hydroxylation sites is 1. The highest BCUT2D eigenvalue weighted by molar-refractivity contribution is 5.92. The quantitative estimate of drug-likeness (QED) is 0.855. The molecular formula is C13H14F2N2O4. The first-order chi connectivity index (χ1) is 9.97. The number of carboxylic acids is 1. The Balaban J connectivity index is 1.94. The fourth-order valence-corrected chi connectivity index (χ4v) is 1.99. The van der Waals surface area contributed by atoms with E-state index in [0.29, 0.717) is 6.54 Å². The summed E-state index contributed by atoms with van der Waals surface area (Å²) in [5, 5.41) is 11.0. The number of morpholine rings is 1. The number of anilines is 1. The largest absolute Gasteiger partial charge is 0.479 e. The summed E-state index contributed by atoms with van der Waals surface area (Å²) in [6, 6.07) is 3.27. The topological polar surface area (TPSA) is 78.9 Å². The molecule has 0 aliphatic carbocycles. The number of amides is 1. The molecule has 0 saturated carbocycles. The second kappa shape index (κ2) is 6.59. The van der Waals surface area contributed by atoms with Crippen LogP contribution in [-0.4, -0.2) is 54.2 Å². The van der Waals surface area contributed by atoms with Gasteiger partial charge in [-0.2, -0.15) is 0 Å². The van der Waals surface area contributed by atoms with Crippen LogP contribution < -0.4 is 5.32 Å². The number of carbonyl (C=O) groups excluding carboxylic acids is 1. The maximum atomic E-state index is 13.4. The van der Waals surface area contributed by atoms with Crippen molar-refractivity contribution in [1.82, 2.24) is 4.90 Å². The molecule has 1 aliphatic heterocycles. The first-order valence-electron chi connectivity index (χ1n) is 6.28. The molecular weight excluding hydrogens is 286 g/mol. The lowest BCUT2D eigenvalue weighted by atomic mass is 10.2. The van der Waals surface area contributed by atoms with Crippen LogP contribution in [-0.2, 0) is 14.3 Å². The Morgan fingerprint density at radius 1 is 1.38 bits per heavy atom. The third kappa shape index (κ3) is 3.96. The van der Waals surface area contributed by atoms with E-state index in [0.717, 1.165) is 12.1 Å². The predicted molar refractivity (Wildman–Crippen MR) is 68.8 cm³/mol. The number of ether oxygens (including phenoxy) is 1. The van der Waals surface area contributed by atoms with Crippen LogP contribution in [0.4, 0.5) is 14.5 Å². The van der Waals surface area contributed by atoms with Crippen LogP contribution in [0.5, 0.6) is 0 Å². The molecule has 0 spiro atoms. The van der Waals surface area contributed by atoms with Crippen molar-refractivity contribution in [3.63, 3.8) is 0 Å². The van der Waals surface area contributed by atoms with Crippen molar-refractivity contribution in [2.45, 2.75) is 6.10 Å². The molecule has 8 heteroatoms. The molecule has 1 aliphatic rings. The van der Waals surface area contributed by atoms with Crippen molar-refractivity contribution in [3.05, 3.63) is 29.8 Å². The summed E-state index contributed by atoms with van der Waals surface area (Å²) in [5.74, 6) is -3.47. The maximum absolute atomic E-state index is 13.4. The van der Waals surface area contributed by atoms with Gasteiger partial charge in [0, 0.05) is 13.1 Å². The number of rotatable bonds is 4. The minimum Gasteiger partial charge on any atom is -0.479 e. The molecule has 6 nitrogen and oxygen atoms in total. The molecule has 114 valence electrons. The summed E-state index contributed by atoms with van der Waals surface area (Å²) < 4.78 is 31.8. The van der Waals surface area contributed by atoms with Crippen molar-refractivity contribution >= 4 is 17.6 Å². The summed E-state index contributed by atoms with van der Waals surface area (Å²) in [6.45, 7) is 0.429. The Hall–Kier alpha value is -2.06. The summed E-state index contributed by atoms with van der Waals surface area (Å²) in [7, 11) is 0. The van der Waals surface area contributed by atoms with Gasteiger partial charge in [0.2, 0.25) is 5.91 Å². The maximum Gasteiger partial charge on any atom is 0.334 e. The second-order valence-electron chi connectivity index (χ2n) is 4.58. The van der Waals surface area contributed by atoms with Crippen LogP contribution in [0.15, 0.2) is 18.2 Å². The summed E-state index contributed by atoms with van der Waals surface area (Å²) in [6.07, 6.45) is -1.00. The van der Waals surface area contributed by atoms with Gasteiger partial charge in [0.15, 0.2) is 6.10 Å². The van der Waals surface area contributed by atoms with E-state index in [1.54, 1.807) is 4.90 Å². The van der Waals surface area contributed by atoms with Crippen molar-refractivity contribution in [2.75, 3.05) is 31.6 Å². The van der Waals surface area contributed by atoms with E-state index in [1.165, 1.54) is 6.07 Å². The summed E-state index contributed by atoms with van der Waals surface area (Å²) >= 11 is 0. The zero-order valence-electron chi connectivity index (χ0n) is 11.0. The lowest BCUT2D eigenvalue weighted by Crippen LogP contribution is -2.48. The molecule has 1 heterocycles. The van der Waals surface area contributed by atoms with Crippen LogP contribution >= 0.6 is 0 Å². The lowest BCUT2D eigenvalue weighted by Gasteiger charge is -2.30. The van der Waals surface area contributed by atoms with Crippen molar-refractivity contribution in [3.8, 4) is 0 Å². The van der Waals surface area contributed by atoms with E-state index in [2.05, 4.69) is 5.32 Å². The first kappa shape index (κ1) is 15.3. The molecule has 2 N–H and O–H groups in total. The highest BCUT2D eigenvalue weighted by Crippen LogP contribution is 2.18. The van der Waals surface area contributed by atoms with Gasteiger partial charge in [-0.3, -0.25) is 9.69 Å². The van der Waals surface area contributed by atoms with Crippen LogP contribution in [0.2, 0.25) is 0 Å².